The fourth-order valence-corrected chi connectivity index (χ4v) is 4.22. The Morgan fingerprint density at radius 3 is 2.73 bits per heavy atom. The van der Waals surface area contributed by atoms with Crippen molar-refractivity contribution >= 4 is 27.6 Å². The van der Waals surface area contributed by atoms with E-state index in [1.807, 2.05) is 6.92 Å². The van der Waals surface area contributed by atoms with Gasteiger partial charge in [-0.2, -0.15) is 8.42 Å². The number of amides is 1. The van der Waals surface area contributed by atoms with Gasteiger partial charge in [-0.3, -0.25) is 9.52 Å². The zero-order valence-corrected chi connectivity index (χ0v) is 18.8. The number of unbranched alkanes of at least 4 members (excludes halogenated alkanes) is 3. The van der Waals surface area contributed by atoms with E-state index in [1.165, 1.54) is 0 Å². The summed E-state index contributed by atoms with van der Waals surface area (Å²) in [5, 5.41) is 2.90. The highest BCUT2D eigenvalue weighted by Crippen LogP contribution is 2.31. The molecule has 0 fully saturated rings. The maximum absolute atomic E-state index is 11.7. The number of hydrogen-bond acceptors (Lipinski definition) is 5. The average molecular weight is 439 g/mol. The van der Waals surface area contributed by atoms with Gasteiger partial charge in [0.05, 0.1) is 17.9 Å². The number of benzene rings is 1. The minimum Gasteiger partial charge on any atom is -0.492 e. The zero-order valence-electron chi connectivity index (χ0n) is 17.9. The maximum Gasteiger partial charge on any atom is 0.344 e. The van der Waals surface area contributed by atoms with Crippen molar-refractivity contribution in [1.82, 2.24) is 5.32 Å². The number of nitrogens with one attached hydrogen (secondary N) is 2. The van der Waals surface area contributed by atoms with Crippen molar-refractivity contribution < 1.29 is 17.9 Å². The van der Waals surface area contributed by atoms with Crippen LogP contribution in [0.15, 0.2) is 22.6 Å². The summed E-state index contributed by atoms with van der Waals surface area (Å²) in [4.78, 5) is 11.6. The predicted octanol–water partition coefficient (Wildman–Crippen LogP) is 3.33. The fourth-order valence-electron chi connectivity index (χ4n) is 3.38. The topological polar surface area (TPSA) is 123 Å². The molecule has 2 rings (SSSR count). The van der Waals surface area contributed by atoms with Crippen molar-refractivity contribution in [3.63, 3.8) is 0 Å². The van der Waals surface area contributed by atoms with Gasteiger partial charge in [0.1, 0.15) is 5.75 Å². The van der Waals surface area contributed by atoms with E-state index in [1.54, 1.807) is 18.2 Å². The van der Waals surface area contributed by atoms with E-state index in [2.05, 4.69) is 21.4 Å². The number of hydrogen-bond donors (Lipinski definition) is 3. The molecule has 8 nitrogen and oxygen atoms in total. The number of amidine groups is 1. The molecule has 0 saturated heterocycles. The molecule has 0 aromatic heterocycles. The number of ether oxygens (including phenoxy) is 1. The molecule has 9 heteroatoms. The number of carbonyl (C=O) groups excluding carboxylic acids is 1. The van der Waals surface area contributed by atoms with Gasteiger partial charge in [0.15, 0.2) is 5.84 Å². The van der Waals surface area contributed by atoms with Crippen LogP contribution in [0.2, 0.25) is 0 Å². The molecule has 1 aliphatic rings. The van der Waals surface area contributed by atoms with Gasteiger partial charge in [0.2, 0.25) is 5.91 Å². The number of nitrogens with two attached hydrogens (primary N) is 1. The van der Waals surface area contributed by atoms with E-state index in [-0.39, 0.29) is 11.7 Å². The first-order chi connectivity index (χ1) is 14.4. The Morgan fingerprint density at radius 2 is 2.00 bits per heavy atom. The molecule has 168 valence electrons. The van der Waals surface area contributed by atoms with Gasteiger partial charge in [-0.05, 0) is 37.3 Å². The molecule has 1 heterocycles. The maximum atomic E-state index is 11.7. The molecule has 0 saturated carbocycles. The molecular weight excluding hydrogens is 404 g/mol. The molecular formula is C21H34N4O4S. The summed E-state index contributed by atoms with van der Waals surface area (Å²) in [5.74, 6) is 1.02. The molecule has 1 aromatic carbocycles. The molecule has 0 spiro atoms. The molecule has 1 atom stereocenters. The zero-order chi connectivity index (χ0) is 22.0. The fraction of sp³-hybridized carbons (Fsp3) is 0.619. The van der Waals surface area contributed by atoms with Crippen molar-refractivity contribution in [2.45, 2.75) is 65.2 Å². The second-order valence-electron chi connectivity index (χ2n) is 7.62. The van der Waals surface area contributed by atoms with Crippen LogP contribution in [0.4, 0.5) is 5.69 Å². The molecule has 1 amide bonds. The SMILES string of the molecule is CCCNC(=O)CCCCCCC(CC)COc1cccc2c1C(N)=NS(=O)(=O)N2. The number of nitrogens with zero attached hydrogens (tertiary/aromatic N) is 1. The third-order valence-corrected chi connectivity index (χ3v) is 6.05. The lowest BCUT2D eigenvalue weighted by molar-refractivity contribution is -0.121. The summed E-state index contributed by atoms with van der Waals surface area (Å²) in [6, 6.07) is 5.14. The lowest BCUT2D eigenvalue weighted by atomic mass is 9.98. The van der Waals surface area contributed by atoms with Crippen molar-refractivity contribution in [2.24, 2.45) is 16.0 Å². The summed E-state index contributed by atoms with van der Waals surface area (Å²) in [5.41, 5.74) is 6.73. The first kappa shape index (κ1) is 24.0. The third-order valence-electron chi connectivity index (χ3n) is 5.13. The lowest BCUT2D eigenvalue weighted by Gasteiger charge is -2.21. The van der Waals surface area contributed by atoms with Crippen molar-refractivity contribution in [2.75, 3.05) is 17.9 Å². The van der Waals surface area contributed by atoms with E-state index in [4.69, 9.17) is 10.5 Å². The van der Waals surface area contributed by atoms with Crippen LogP contribution < -0.4 is 20.5 Å². The lowest BCUT2D eigenvalue weighted by Crippen LogP contribution is -2.27. The van der Waals surface area contributed by atoms with Gasteiger partial charge in [0, 0.05) is 13.0 Å². The normalized spacial score (nSPS) is 15.5. The van der Waals surface area contributed by atoms with E-state index < -0.39 is 10.2 Å². The number of anilines is 1. The van der Waals surface area contributed by atoms with Crippen LogP contribution in [-0.2, 0) is 15.0 Å². The Morgan fingerprint density at radius 1 is 1.23 bits per heavy atom. The Labute approximate surface area is 179 Å². The number of carbonyl (C=O) groups is 1. The minimum absolute atomic E-state index is 0.0598. The van der Waals surface area contributed by atoms with Crippen LogP contribution in [0.5, 0.6) is 5.75 Å². The highest BCUT2D eigenvalue weighted by molar-refractivity contribution is 7.91. The molecule has 0 aliphatic carbocycles. The van der Waals surface area contributed by atoms with Crippen LogP contribution in [0.3, 0.4) is 0 Å². The van der Waals surface area contributed by atoms with Crippen LogP contribution in [0.25, 0.3) is 0 Å². The summed E-state index contributed by atoms with van der Waals surface area (Å²) in [7, 11) is -3.80. The van der Waals surface area contributed by atoms with Crippen LogP contribution >= 0.6 is 0 Å². The monoisotopic (exact) mass is 438 g/mol. The second kappa shape index (κ2) is 11.8. The van der Waals surface area contributed by atoms with Gasteiger partial charge in [-0.25, -0.2) is 0 Å². The van der Waals surface area contributed by atoms with Gasteiger partial charge in [-0.15, -0.1) is 4.40 Å². The van der Waals surface area contributed by atoms with Gasteiger partial charge >= 0.3 is 10.2 Å². The smallest absolute Gasteiger partial charge is 0.344 e. The summed E-state index contributed by atoms with van der Waals surface area (Å²) >= 11 is 0. The number of rotatable bonds is 13. The quantitative estimate of drug-likeness (QED) is 0.408. The Bertz CT molecular complexity index is 839. The summed E-state index contributed by atoms with van der Waals surface area (Å²) in [6.45, 7) is 5.47. The average Bonchev–Trinajstić information content (AvgIpc) is 2.69. The van der Waals surface area contributed by atoms with Crippen LogP contribution in [0, 0.1) is 5.92 Å². The molecule has 1 unspecified atom stereocenters. The Balaban J connectivity index is 1.76. The molecule has 4 N–H and O–H groups in total. The molecule has 0 bridgehead atoms. The summed E-state index contributed by atoms with van der Waals surface area (Å²) < 4.78 is 35.3. The van der Waals surface area contributed by atoms with E-state index in [0.29, 0.717) is 35.9 Å². The molecule has 1 aromatic rings. The third kappa shape index (κ3) is 7.51. The highest BCUT2D eigenvalue weighted by Gasteiger charge is 2.24. The van der Waals surface area contributed by atoms with Gasteiger partial charge < -0.3 is 15.8 Å². The first-order valence-corrected chi connectivity index (χ1v) is 12.2. The predicted molar refractivity (Wildman–Crippen MR) is 120 cm³/mol. The van der Waals surface area contributed by atoms with E-state index in [9.17, 15) is 13.2 Å². The molecule has 0 radical (unpaired) electrons. The summed E-state index contributed by atoms with van der Waals surface area (Å²) in [6.07, 6.45) is 7.77. The van der Waals surface area contributed by atoms with Crippen LogP contribution in [-0.4, -0.2) is 33.3 Å². The van der Waals surface area contributed by atoms with Crippen LogP contribution in [0.1, 0.15) is 70.8 Å². The minimum atomic E-state index is -3.80. The van der Waals surface area contributed by atoms with Gasteiger partial charge in [-0.1, -0.05) is 45.6 Å². The Kier molecular flexibility index (Phi) is 9.42. The number of fused-ring (bicyclic) bond motifs is 1. The van der Waals surface area contributed by atoms with E-state index in [0.717, 1.165) is 51.5 Å². The largest absolute Gasteiger partial charge is 0.492 e. The second-order valence-corrected chi connectivity index (χ2v) is 8.96. The van der Waals surface area contributed by atoms with E-state index >= 15 is 0 Å². The van der Waals surface area contributed by atoms with Crippen molar-refractivity contribution in [3.8, 4) is 5.75 Å². The Hall–Kier alpha value is -2.29. The van der Waals surface area contributed by atoms with Crippen molar-refractivity contribution in [1.29, 1.82) is 0 Å². The first-order valence-electron chi connectivity index (χ1n) is 10.8. The van der Waals surface area contributed by atoms with Gasteiger partial charge in [0.25, 0.3) is 0 Å². The highest BCUT2D eigenvalue weighted by atomic mass is 32.2. The molecule has 1 aliphatic heterocycles. The standard InChI is InChI=1S/C21H34N4O4S/c1-3-14-23-19(26)13-8-6-5-7-10-16(4-2)15-29-18-12-9-11-17-20(18)21(22)25-30(27,28)24-17/h9,11-12,16,24H,3-8,10,13-15H2,1-2H3,(H2,22,25)(H,23,26). The van der Waals surface area contributed by atoms with Crippen molar-refractivity contribution in [3.05, 3.63) is 23.8 Å². The molecule has 30 heavy (non-hydrogen) atoms.